The number of carbonyl (C=O) groups is 2. The van der Waals surface area contributed by atoms with Crippen LogP contribution in [-0.2, 0) is 9.59 Å². The van der Waals surface area contributed by atoms with Crippen LogP contribution < -0.4 is 4.90 Å². The molecular weight excluding hydrogens is 342 g/mol. The number of piperidine rings is 1. The van der Waals surface area contributed by atoms with Gasteiger partial charge in [-0.15, -0.1) is 0 Å². The van der Waals surface area contributed by atoms with Gasteiger partial charge in [0.1, 0.15) is 0 Å². The lowest BCUT2D eigenvalue weighted by Crippen LogP contribution is -2.47. The van der Waals surface area contributed by atoms with Crippen LogP contribution in [0.1, 0.15) is 38.5 Å². The van der Waals surface area contributed by atoms with Crippen LogP contribution in [-0.4, -0.2) is 11.8 Å². The summed E-state index contributed by atoms with van der Waals surface area (Å²) in [5, 5.41) is 0.504. The van der Waals surface area contributed by atoms with E-state index in [0.29, 0.717) is 23.6 Å². The van der Waals surface area contributed by atoms with Gasteiger partial charge in [-0.2, -0.15) is 0 Å². The van der Waals surface area contributed by atoms with Gasteiger partial charge >= 0.3 is 0 Å². The lowest BCUT2D eigenvalue weighted by Gasteiger charge is -2.37. The standard InChI is InChI=1S/C15H15BrClNO2/c16-11-4-3-10(7-12(11)17)18-13(19)8-15(9-14(18)20)5-1-2-6-15/h3-4,7H,1-2,5-6,8-9H2. The summed E-state index contributed by atoms with van der Waals surface area (Å²) in [5.41, 5.74) is 0.505. The number of nitrogens with zero attached hydrogens (tertiary/aromatic N) is 1. The molecule has 0 bridgehead atoms. The average Bonchev–Trinajstić information content (AvgIpc) is 2.80. The second-order valence-corrected chi connectivity index (χ2v) is 7.04. The van der Waals surface area contributed by atoms with E-state index in [0.717, 1.165) is 30.2 Å². The van der Waals surface area contributed by atoms with Crippen LogP contribution in [0, 0.1) is 5.41 Å². The normalized spacial score (nSPS) is 21.8. The highest BCUT2D eigenvalue weighted by atomic mass is 79.9. The second-order valence-electron chi connectivity index (χ2n) is 5.78. The molecule has 1 aromatic rings. The van der Waals surface area contributed by atoms with Crippen molar-refractivity contribution in [1.82, 2.24) is 0 Å². The fourth-order valence-corrected chi connectivity index (χ4v) is 3.81. The lowest BCUT2D eigenvalue weighted by atomic mass is 9.76. The number of anilines is 1. The van der Waals surface area contributed by atoms with E-state index in [1.165, 1.54) is 4.90 Å². The molecule has 1 saturated carbocycles. The highest BCUT2D eigenvalue weighted by molar-refractivity contribution is 9.10. The van der Waals surface area contributed by atoms with E-state index < -0.39 is 0 Å². The van der Waals surface area contributed by atoms with Gasteiger partial charge in [-0.05, 0) is 52.4 Å². The Kier molecular flexibility index (Phi) is 3.63. The summed E-state index contributed by atoms with van der Waals surface area (Å²) >= 11 is 9.36. The van der Waals surface area contributed by atoms with E-state index in [1.807, 2.05) is 0 Å². The molecule has 1 aliphatic carbocycles. The molecule has 106 valence electrons. The Labute approximate surface area is 131 Å². The third-order valence-electron chi connectivity index (χ3n) is 4.38. The number of benzene rings is 1. The van der Waals surface area contributed by atoms with Crippen LogP contribution >= 0.6 is 27.5 Å². The third kappa shape index (κ3) is 2.40. The zero-order valence-corrected chi connectivity index (χ0v) is 13.3. The first-order valence-electron chi connectivity index (χ1n) is 6.82. The highest BCUT2D eigenvalue weighted by Crippen LogP contribution is 2.47. The summed E-state index contributed by atoms with van der Waals surface area (Å²) in [4.78, 5) is 26.1. The Bertz CT molecular complexity index is 561. The van der Waals surface area contributed by atoms with Gasteiger partial charge < -0.3 is 0 Å². The van der Waals surface area contributed by atoms with Crippen LogP contribution in [0.4, 0.5) is 5.69 Å². The number of hydrogen-bond donors (Lipinski definition) is 0. The summed E-state index contributed by atoms with van der Waals surface area (Å²) in [6.45, 7) is 0. The molecule has 2 amide bonds. The van der Waals surface area contributed by atoms with Gasteiger partial charge in [-0.1, -0.05) is 24.4 Å². The Morgan fingerprint density at radius 2 is 1.70 bits per heavy atom. The van der Waals surface area contributed by atoms with Crippen LogP contribution in [0.5, 0.6) is 0 Å². The van der Waals surface area contributed by atoms with Crippen molar-refractivity contribution in [3.8, 4) is 0 Å². The minimum absolute atomic E-state index is 0.0656. The fraction of sp³-hybridized carbons (Fsp3) is 0.467. The maximum absolute atomic E-state index is 12.4. The number of imide groups is 1. The molecule has 5 heteroatoms. The number of hydrogen-bond acceptors (Lipinski definition) is 2. The molecule has 1 heterocycles. The van der Waals surface area contributed by atoms with Crippen LogP contribution in [0.15, 0.2) is 22.7 Å². The van der Waals surface area contributed by atoms with Crippen molar-refractivity contribution in [3.63, 3.8) is 0 Å². The Hall–Kier alpha value is -0.870. The van der Waals surface area contributed by atoms with Crippen molar-refractivity contribution in [1.29, 1.82) is 0 Å². The molecular formula is C15H15BrClNO2. The molecule has 0 unspecified atom stereocenters. The number of amides is 2. The molecule has 1 saturated heterocycles. The molecule has 20 heavy (non-hydrogen) atoms. The average molecular weight is 357 g/mol. The van der Waals surface area contributed by atoms with E-state index >= 15 is 0 Å². The molecule has 0 aromatic heterocycles. The molecule has 3 nitrogen and oxygen atoms in total. The molecule has 0 radical (unpaired) electrons. The molecule has 1 aromatic carbocycles. The Morgan fingerprint density at radius 1 is 1.10 bits per heavy atom. The van der Waals surface area contributed by atoms with E-state index in [1.54, 1.807) is 18.2 Å². The smallest absolute Gasteiger partial charge is 0.234 e. The predicted molar refractivity (Wildman–Crippen MR) is 81.8 cm³/mol. The molecule has 2 aliphatic rings. The van der Waals surface area contributed by atoms with E-state index in [9.17, 15) is 9.59 Å². The zero-order chi connectivity index (χ0) is 14.3. The third-order valence-corrected chi connectivity index (χ3v) is 5.61. The van der Waals surface area contributed by atoms with Gasteiger partial charge in [0.25, 0.3) is 0 Å². The first-order chi connectivity index (χ1) is 9.51. The van der Waals surface area contributed by atoms with Crippen LogP contribution in [0.3, 0.4) is 0 Å². The summed E-state index contributed by atoms with van der Waals surface area (Å²) < 4.78 is 0.757. The summed E-state index contributed by atoms with van der Waals surface area (Å²) in [6.07, 6.45) is 5.22. The molecule has 0 atom stereocenters. The molecule has 1 aliphatic heterocycles. The maximum atomic E-state index is 12.4. The predicted octanol–water partition coefficient (Wildman–Crippen LogP) is 4.32. The van der Waals surface area contributed by atoms with Crippen molar-refractivity contribution in [2.75, 3.05) is 4.90 Å². The molecule has 1 spiro atoms. The van der Waals surface area contributed by atoms with Crippen molar-refractivity contribution < 1.29 is 9.59 Å². The van der Waals surface area contributed by atoms with E-state index in [-0.39, 0.29) is 17.2 Å². The summed E-state index contributed by atoms with van der Waals surface area (Å²) in [6, 6.07) is 5.17. The highest BCUT2D eigenvalue weighted by Gasteiger charge is 2.45. The molecule has 0 N–H and O–H groups in total. The fourth-order valence-electron chi connectivity index (χ4n) is 3.39. The van der Waals surface area contributed by atoms with Crippen molar-refractivity contribution >= 4 is 45.0 Å². The van der Waals surface area contributed by atoms with Crippen LogP contribution in [0.2, 0.25) is 5.02 Å². The summed E-state index contributed by atoms with van der Waals surface area (Å²) in [5.74, 6) is -0.192. The topological polar surface area (TPSA) is 37.4 Å². The molecule has 2 fully saturated rings. The first-order valence-corrected chi connectivity index (χ1v) is 7.99. The van der Waals surface area contributed by atoms with Gasteiger partial charge in [0.2, 0.25) is 11.8 Å². The summed E-state index contributed by atoms with van der Waals surface area (Å²) in [7, 11) is 0. The zero-order valence-electron chi connectivity index (χ0n) is 11.0. The SMILES string of the molecule is O=C1CC2(CCCC2)CC(=O)N1c1ccc(Br)c(Cl)c1. The quantitative estimate of drug-likeness (QED) is 0.703. The second kappa shape index (κ2) is 5.15. The number of carbonyl (C=O) groups excluding carboxylic acids is 2. The van der Waals surface area contributed by atoms with E-state index in [4.69, 9.17) is 11.6 Å². The molecule has 3 rings (SSSR count). The minimum Gasteiger partial charge on any atom is -0.274 e. The lowest BCUT2D eigenvalue weighted by molar-refractivity contribution is -0.133. The Balaban J connectivity index is 1.89. The van der Waals surface area contributed by atoms with Gasteiger partial charge in [0.15, 0.2) is 0 Å². The monoisotopic (exact) mass is 355 g/mol. The van der Waals surface area contributed by atoms with Crippen molar-refractivity contribution in [2.24, 2.45) is 5.41 Å². The van der Waals surface area contributed by atoms with Crippen LogP contribution in [0.25, 0.3) is 0 Å². The van der Waals surface area contributed by atoms with Gasteiger partial charge in [-0.25, -0.2) is 0 Å². The number of halogens is 2. The van der Waals surface area contributed by atoms with Gasteiger partial charge in [0, 0.05) is 17.3 Å². The van der Waals surface area contributed by atoms with Gasteiger partial charge in [-0.3, -0.25) is 14.5 Å². The largest absolute Gasteiger partial charge is 0.274 e. The minimum atomic E-state index is -0.0958. The first kappa shape index (κ1) is 14.1. The van der Waals surface area contributed by atoms with Crippen molar-refractivity contribution in [3.05, 3.63) is 27.7 Å². The van der Waals surface area contributed by atoms with E-state index in [2.05, 4.69) is 15.9 Å². The number of rotatable bonds is 1. The van der Waals surface area contributed by atoms with Gasteiger partial charge in [0.05, 0.1) is 10.7 Å². The Morgan fingerprint density at radius 3 is 2.25 bits per heavy atom. The maximum Gasteiger partial charge on any atom is 0.234 e. The van der Waals surface area contributed by atoms with Crippen molar-refractivity contribution in [2.45, 2.75) is 38.5 Å².